The number of anilines is 2. The van der Waals surface area contributed by atoms with Crippen LogP contribution >= 0.6 is 23.2 Å². The average molecular weight is 291 g/mol. The Bertz CT molecular complexity index is 483. The van der Waals surface area contributed by atoms with Crippen LogP contribution in [0.5, 0.6) is 0 Å². The van der Waals surface area contributed by atoms with Crippen LogP contribution in [0.25, 0.3) is 0 Å². The largest absolute Gasteiger partial charge is 0.382 e. The van der Waals surface area contributed by atoms with Crippen molar-refractivity contribution in [3.05, 3.63) is 16.1 Å². The summed E-state index contributed by atoms with van der Waals surface area (Å²) in [6.45, 7) is 1.13. The van der Waals surface area contributed by atoms with Crippen molar-refractivity contribution in [2.24, 2.45) is 5.73 Å². The van der Waals surface area contributed by atoms with E-state index in [0.29, 0.717) is 24.0 Å². The molecule has 1 atom stereocenters. The van der Waals surface area contributed by atoms with Gasteiger partial charge in [-0.05, 0) is 6.07 Å². The van der Waals surface area contributed by atoms with Gasteiger partial charge in [0.25, 0.3) is 0 Å². The highest BCUT2D eigenvalue weighted by Gasteiger charge is 2.30. The van der Waals surface area contributed by atoms with E-state index >= 15 is 0 Å². The second-order valence-corrected chi connectivity index (χ2v) is 4.66. The van der Waals surface area contributed by atoms with Crippen LogP contribution in [0.15, 0.2) is 6.07 Å². The highest BCUT2D eigenvalue weighted by molar-refractivity contribution is 6.37. The number of ether oxygens (including phenoxy) is 1. The Morgan fingerprint density at radius 3 is 2.89 bits per heavy atom. The number of amides is 1. The van der Waals surface area contributed by atoms with Gasteiger partial charge in [0.1, 0.15) is 11.9 Å². The smallest absolute Gasteiger partial charge is 0.242 e. The molecule has 4 N–H and O–H groups in total. The van der Waals surface area contributed by atoms with Gasteiger partial charge in [-0.2, -0.15) is 0 Å². The quantitative estimate of drug-likeness (QED) is 0.834. The molecule has 1 aromatic heterocycles. The number of nitrogen functional groups attached to an aromatic ring is 1. The fourth-order valence-corrected chi connectivity index (χ4v) is 2.23. The molecule has 0 bridgehead atoms. The summed E-state index contributed by atoms with van der Waals surface area (Å²) in [7, 11) is 0. The Kier molecular flexibility index (Phi) is 3.79. The molecule has 1 saturated heterocycles. The molecule has 1 unspecified atom stereocenters. The Morgan fingerprint density at radius 2 is 2.22 bits per heavy atom. The van der Waals surface area contributed by atoms with E-state index in [-0.39, 0.29) is 17.4 Å². The number of carbonyl (C=O) groups excluding carboxylic acids is 1. The van der Waals surface area contributed by atoms with Gasteiger partial charge in [0.2, 0.25) is 5.91 Å². The molecule has 1 fully saturated rings. The Morgan fingerprint density at radius 1 is 1.50 bits per heavy atom. The minimum atomic E-state index is -0.607. The van der Waals surface area contributed by atoms with Gasteiger partial charge in [-0.15, -0.1) is 0 Å². The van der Waals surface area contributed by atoms with Crippen LogP contribution in [0.2, 0.25) is 10.0 Å². The molecule has 2 rings (SSSR count). The highest BCUT2D eigenvalue weighted by Crippen LogP contribution is 2.31. The number of rotatable bonds is 2. The highest BCUT2D eigenvalue weighted by atomic mass is 35.5. The van der Waals surface area contributed by atoms with Crippen molar-refractivity contribution in [1.82, 2.24) is 4.98 Å². The summed E-state index contributed by atoms with van der Waals surface area (Å²) in [4.78, 5) is 17.2. The number of morpholine rings is 1. The first kappa shape index (κ1) is 13.2. The van der Waals surface area contributed by atoms with Gasteiger partial charge in [-0.1, -0.05) is 23.2 Å². The van der Waals surface area contributed by atoms with Gasteiger partial charge in [-0.3, -0.25) is 4.79 Å². The molecule has 0 aromatic carbocycles. The summed E-state index contributed by atoms with van der Waals surface area (Å²) in [5.74, 6) is 0.0533. The molecule has 1 aliphatic heterocycles. The third-order valence-electron chi connectivity index (χ3n) is 2.67. The van der Waals surface area contributed by atoms with E-state index < -0.39 is 11.9 Å². The average Bonchev–Trinajstić information content (AvgIpc) is 2.34. The molecule has 98 valence electrons. The number of hydrogen-bond donors (Lipinski definition) is 2. The molecular weight excluding hydrogens is 279 g/mol. The lowest BCUT2D eigenvalue weighted by molar-refractivity contribution is -0.121. The molecular formula is C10H12Cl2N4O2. The molecule has 18 heavy (non-hydrogen) atoms. The van der Waals surface area contributed by atoms with Crippen LogP contribution in [0.1, 0.15) is 0 Å². The van der Waals surface area contributed by atoms with Crippen LogP contribution in [-0.4, -0.2) is 36.7 Å². The normalized spacial score (nSPS) is 19.9. The summed E-state index contributed by atoms with van der Waals surface area (Å²) < 4.78 is 5.22. The minimum Gasteiger partial charge on any atom is -0.382 e. The van der Waals surface area contributed by atoms with Crippen LogP contribution in [0, 0.1) is 0 Å². The van der Waals surface area contributed by atoms with E-state index in [9.17, 15) is 4.79 Å². The fraction of sp³-hybridized carbons (Fsp3) is 0.400. The number of pyridine rings is 1. The Balaban J connectivity index is 2.39. The molecule has 2 heterocycles. The third-order valence-corrected chi connectivity index (χ3v) is 3.25. The maximum Gasteiger partial charge on any atom is 0.242 e. The number of hydrogen-bond acceptors (Lipinski definition) is 5. The van der Waals surface area contributed by atoms with Crippen molar-refractivity contribution in [2.45, 2.75) is 6.04 Å². The van der Waals surface area contributed by atoms with Gasteiger partial charge in [0.05, 0.1) is 23.3 Å². The van der Waals surface area contributed by atoms with E-state index in [2.05, 4.69) is 4.98 Å². The Hall–Kier alpha value is -1.24. The maximum absolute atomic E-state index is 11.4. The lowest BCUT2D eigenvalue weighted by atomic mass is 10.2. The second kappa shape index (κ2) is 5.17. The van der Waals surface area contributed by atoms with Crippen LogP contribution in [-0.2, 0) is 9.53 Å². The van der Waals surface area contributed by atoms with Crippen molar-refractivity contribution in [2.75, 3.05) is 30.4 Å². The number of halogens is 2. The van der Waals surface area contributed by atoms with E-state index in [1.165, 1.54) is 6.07 Å². The molecule has 8 heteroatoms. The SMILES string of the molecule is NC(=O)C1COCCN1c1nc(N)c(Cl)cc1Cl. The second-order valence-electron chi connectivity index (χ2n) is 3.85. The van der Waals surface area contributed by atoms with Crippen molar-refractivity contribution < 1.29 is 9.53 Å². The van der Waals surface area contributed by atoms with Crippen molar-refractivity contribution in [3.63, 3.8) is 0 Å². The number of aromatic nitrogens is 1. The lowest BCUT2D eigenvalue weighted by Gasteiger charge is -2.35. The van der Waals surface area contributed by atoms with Gasteiger partial charge in [0.15, 0.2) is 5.82 Å². The van der Waals surface area contributed by atoms with E-state index in [0.717, 1.165) is 0 Å². The van der Waals surface area contributed by atoms with Crippen LogP contribution < -0.4 is 16.4 Å². The standard InChI is InChI=1S/C10H12Cl2N4O2/c11-5-3-6(12)10(15-8(5)13)16-1-2-18-4-7(16)9(14)17/h3,7H,1-2,4H2,(H2,13,15)(H2,14,17). The zero-order valence-corrected chi connectivity index (χ0v) is 10.9. The molecule has 0 aliphatic carbocycles. The van der Waals surface area contributed by atoms with Crippen molar-refractivity contribution in [3.8, 4) is 0 Å². The first-order chi connectivity index (χ1) is 8.50. The molecule has 6 nitrogen and oxygen atoms in total. The molecule has 1 amide bonds. The van der Waals surface area contributed by atoms with Gasteiger partial charge >= 0.3 is 0 Å². The lowest BCUT2D eigenvalue weighted by Crippen LogP contribution is -2.53. The van der Waals surface area contributed by atoms with E-state index in [1.54, 1.807) is 4.90 Å². The van der Waals surface area contributed by atoms with Gasteiger partial charge < -0.3 is 21.1 Å². The monoisotopic (exact) mass is 290 g/mol. The predicted molar refractivity (Wildman–Crippen MR) is 69.8 cm³/mol. The summed E-state index contributed by atoms with van der Waals surface area (Å²) in [5.41, 5.74) is 11.0. The minimum absolute atomic E-state index is 0.158. The zero-order chi connectivity index (χ0) is 13.3. The molecule has 1 aromatic rings. The number of carbonyl (C=O) groups is 1. The first-order valence-electron chi connectivity index (χ1n) is 5.26. The van der Waals surface area contributed by atoms with Crippen LogP contribution in [0.4, 0.5) is 11.6 Å². The topological polar surface area (TPSA) is 94.5 Å². The van der Waals surface area contributed by atoms with E-state index in [4.69, 9.17) is 39.4 Å². The van der Waals surface area contributed by atoms with Crippen LogP contribution in [0.3, 0.4) is 0 Å². The summed E-state index contributed by atoms with van der Waals surface area (Å²) >= 11 is 11.9. The number of nitrogens with two attached hydrogens (primary N) is 2. The zero-order valence-electron chi connectivity index (χ0n) is 9.40. The molecule has 0 spiro atoms. The predicted octanol–water partition coefficient (Wildman–Crippen LogP) is 0.661. The van der Waals surface area contributed by atoms with Crippen molar-refractivity contribution >= 4 is 40.7 Å². The van der Waals surface area contributed by atoms with E-state index in [1.807, 2.05) is 0 Å². The number of primary amides is 1. The van der Waals surface area contributed by atoms with Crippen molar-refractivity contribution in [1.29, 1.82) is 0 Å². The number of nitrogens with zero attached hydrogens (tertiary/aromatic N) is 2. The maximum atomic E-state index is 11.4. The summed E-state index contributed by atoms with van der Waals surface area (Å²) in [5, 5.41) is 0.593. The summed E-state index contributed by atoms with van der Waals surface area (Å²) in [6, 6.07) is 0.887. The Labute approximate surface area is 114 Å². The fourth-order valence-electron chi connectivity index (χ4n) is 1.76. The molecule has 1 aliphatic rings. The van der Waals surface area contributed by atoms with Gasteiger partial charge in [-0.25, -0.2) is 4.98 Å². The van der Waals surface area contributed by atoms with Gasteiger partial charge in [0, 0.05) is 6.54 Å². The first-order valence-corrected chi connectivity index (χ1v) is 6.01. The third kappa shape index (κ3) is 2.45. The molecule has 0 saturated carbocycles. The molecule has 0 radical (unpaired) electrons. The summed E-state index contributed by atoms with van der Waals surface area (Å²) in [6.07, 6.45) is 0.